The van der Waals surface area contributed by atoms with Gasteiger partial charge in [-0.3, -0.25) is 13.9 Å². The molecule has 42 heavy (non-hydrogen) atoms. The van der Waals surface area contributed by atoms with Crippen LogP contribution < -0.4 is 14.4 Å². The highest BCUT2D eigenvalue weighted by molar-refractivity contribution is 7.92. The molecule has 3 rings (SSSR count). The van der Waals surface area contributed by atoms with Gasteiger partial charge in [0, 0.05) is 18.1 Å². The van der Waals surface area contributed by atoms with Crippen LogP contribution in [0.1, 0.15) is 44.2 Å². The summed E-state index contributed by atoms with van der Waals surface area (Å²) >= 11 is 12.7. The van der Waals surface area contributed by atoms with E-state index in [0.29, 0.717) is 18.7 Å². The molecule has 0 fully saturated rings. The second kappa shape index (κ2) is 15.3. The summed E-state index contributed by atoms with van der Waals surface area (Å²) in [5.74, 6) is -0.299. The van der Waals surface area contributed by atoms with Gasteiger partial charge in [0.1, 0.15) is 18.3 Å². The number of hydrogen-bond acceptors (Lipinski definition) is 5. The molecule has 0 bridgehead atoms. The molecule has 2 amide bonds. The number of rotatable bonds is 14. The molecule has 11 heteroatoms. The highest BCUT2D eigenvalue weighted by Gasteiger charge is 2.34. The van der Waals surface area contributed by atoms with Gasteiger partial charge in [-0.1, -0.05) is 73.3 Å². The number of carbonyl (C=O) groups excluding carboxylic acids is 2. The quantitative estimate of drug-likeness (QED) is 0.212. The van der Waals surface area contributed by atoms with Crippen LogP contribution in [0.25, 0.3) is 0 Å². The predicted octanol–water partition coefficient (Wildman–Crippen LogP) is 6.23. The number of anilines is 1. The van der Waals surface area contributed by atoms with Gasteiger partial charge in [-0.05, 0) is 67.8 Å². The zero-order valence-corrected chi connectivity index (χ0v) is 26.6. The first kappa shape index (κ1) is 33.2. The number of nitrogens with zero attached hydrogens (tertiary/aromatic N) is 2. The Balaban J connectivity index is 2.09. The van der Waals surface area contributed by atoms with Crippen molar-refractivity contribution in [3.63, 3.8) is 0 Å². The van der Waals surface area contributed by atoms with Gasteiger partial charge in [0.05, 0.1) is 22.7 Å². The average molecular weight is 635 g/mol. The molecule has 0 saturated carbocycles. The third-order valence-corrected chi connectivity index (χ3v) is 9.10. The Morgan fingerprint density at radius 2 is 1.71 bits per heavy atom. The van der Waals surface area contributed by atoms with E-state index in [-0.39, 0.29) is 33.1 Å². The van der Waals surface area contributed by atoms with Crippen molar-refractivity contribution in [2.24, 2.45) is 0 Å². The summed E-state index contributed by atoms with van der Waals surface area (Å²) in [7, 11) is -2.73. The molecule has 1 atom stereocenters. The van der Waals surface area contributed by atoms with Gasteiger partial charge in [0.25, 0.3) is 10.0 Å². The molecule has 0 aliphatic heterocycles. The number of unbranched alkanes of at least 4 members (excludes halogenated alkanes) is 1. The van der Waals surface area contributed by atoms with Gasteiger partial charge in [-0.15, -0.1) is 0 Å². The van der Waals surface area contributed by atoms with Crippen LogP contribution in [0.4, 0.5) is 5.69 Å². The molecule has 1 N–H and O–H groups in total. The Kier molecular flexibility index (Phi) is 12.1. The topological polar surface area (TPSA) is 96.0 Å². The third-order valence-electron chi connectivity index (χ3n) is 6.77. The molecule has 8 nitrogen and oxygen atoms in total. The molecule has 0 aliphatic carbocycles. The highest BCUT2D eigenvalue weighted by atomic mass is 35.5. The molecule has 0 radical (unpaired) electrons. The smallest absolute Gasteiger partial charge is 0.264 e. The van der Waals surface area contributed by atoms with E-state index in [4.69, 9.17) is 27.9 Å². The van der Waals surface area contributed by atoms with E-state index in [9.17, 15) is 18.0 Å². The third kappa shape index (κ3) is 8.40. The molecule has 1 unspecified atom stereocenters. The number of amides is 2. The standard InChI is InChI=1S/C31H37Cl2N3O5S/c1-5-7-17-34-31(38)28(6-2)35(20-23-9-8-10-25(18-23)41-4)30(37)21-36(29-19-24(32)13-16-27(29)33)42(39,40)26-14-11-22(3)12-15-26/h8-16,18-19,28H,5-7,17,20-21H2,1-4H3,(H,34,38). The van der Waals surface area contributed by atoms with E-state index in [2.05, 4.69) is 5.32 Å². The van der Waals surface area contributed by atoms with Crippen LogP contribution in [0.5, 0.6) is 5.75 Å². The molecule has 226 valence electrons. The van der Waals surface area contributed by atoms with E-state index >= 15 is 0 Å². The van der Waals surface area contributed by atoms with Crippen molar-refractivity contribution in [2.45, 2.75) is 57.5 Å². The molecule has 3 aromatic carbocycles. The summed E-state index contributed by atoms with van der Waals surface area (Å²) in [6, 6.07) is 17.0. The summed E-state index contributed by atoms with van der Waals surface area (Å²) in [6.07, 6.45) is 2.01. The Morgan fingerprint density at radius 1 is 1.00 bits per heavy atom. The first-order valence-corrected chi connectivity index (χ1v) is 16.0. The van der Waals surface area contributed by atoms with Crippen LogP contribution in [0.2, 0.25) is 10.0 Å². The average Bonchev–Trinajstić information content (AvgIpc) is 2.97. The summed E-state index contributed by atoms with van der Waals surface area (Å²) in [5, 5.41) is 3.27. The number of sulfonamides is 1. The van der Waals surface area contributed by atoms with Crippen molar-refractivity contribution >= 4 is 50.7 Å². The predicted molar refractivity (Wildman–Crippen MR) is 168 cm³/mol. The number of methoxy groups -OCH3 is 1. The van der Waals surface area contributed by atoms with Crippen molar-refractivity contribution in [3.8, 4) is 5.75 Å². The van der Waals surface area contributed by atoms with Crippen LogP contribution in [0.3, 0.4) is 0 Å². The van der Waals surface area contributed by atoms with Crippen molar-refractivity contribution in [3.05, 3.63) is 87.9 Å². The molecule has 0 saturated heterocycles. The first-order valence-electron chi connectivity index (χ1n) is 13.8. The Bertz CT molecular complexity index is 1480. The van der Waals surface area contributed by atoms with Crippen LogP contribution >= 0.6 is 23.2 Å². The number of aryl methyl sites for hydroxylation is 1. The van der Waals surface area contributed by atoms with E-state index in [1.165, 1.54) is 35.2 Å². The fourth-order valence-corrected chi connectivity index (χ4v) is 6.28. The van der Waals surface area contributed by atoms with Crippen molar-refractivity contribution in [1.82, 2.24) is 10.2 Å². The lowest BCUT2D eigenvalue weighted by Gasteiger charge is -2.33. The number of nitrogens with one attached hydrogen (secondary N) is 1. The molecular weight excluding hydrogens is 597 g/mol. The van der Waals surface area contributed by atoms with Gasteiger partial charge in [0.15, 0.2) is 0 Å². The summed E-state index contributed by atoms with van der Waals surface area (Å²) in [4.78, 5) is 28.9. The Labute approximate surface area is 258 Å². The molecule has 0 aliphatic rings. The number of ether oxygens (including phenoxy) is 1. The normalized spacial score (nSPS) is 12.0. The van der Waals surface area contributed by atoms with Gasteiger partial charge in [-0.2, -0.15) is 0 Å². The lowest BCUT2D eigenvalue weighted by atomic mass is 10.1. The summed E-state index contributed by atoms with van der Waals surface area (Å²) in [6.45, 7) is 5.59. The second-order valence-electron chi connectivity index (χ2n) is 9.86. The van der Waals surface area contributed by atoms with Crippen LogP contribution in [0, 0.1) is 6.92 Å². The maximum atomic E-state index is 14.2. The lowest BCUT2D eigenvalue weighted by molar-refractivity contribution is -0.140. The summed E-state index contributed by atoms with van der Waals surface area (Å²) < 4.78 is 34.3. The molecular formula is C31H37Cl2N3O5S. The zero-order valence-electron chi connectivity index (χ0n) is 24.3. The maximum Gasteiger partial charge on any atom is 0.264 e. The maximum absolute atomic E-state index is 14.2. The monoisotopic (exact) mass is 633 g/mol. The van der Waals surface area contributed by atoms with E-state index in [0.717, 1.165) is 28.3 Å². The summed E-state index contributed by atoms with van der Waals surface area (Å²) in [5.41, 5.74) is 1.65. The minimum absolute atomic E-state index is 0.0133. The molecule has 0 spiro atoms. The van der Waals surface area contributed by atoms with Crippen molar-refractivity contribution in [1.29, 1.82) is 0 Å². The van der Waals surface area contributed by atoms with Crippen LogP contribution in [-0.2, 0) is 26.2 Å². The van der Waals surface area contributed by atoms with Gasteiger partial charge < -0.3 is 15.0 Å². The van der Waals surface area contributed by atoms with Crippen LogP contribution in [0.15, 0.2) is 71.6 Å². The van der Waals surface area contributed by atoms with E-state index in [1.54, 1.807) is 37.4 Å². The van der Waals surface area contributed by atoms with Gasteiger partial charge in [0.2, 0.25) is 11.8 Å². The molecule has 3 aromatic rings. The lowest BCUT2D eigenvalue weighted by Crippen LogP contribution is -2.52. The largest absolute Gasteiger partial charge is 0.497 e. The zero-order chi connectivity index (χ0) is 30.9. The Morgan fingerprint density at radius 3 is 2.36 bits per heavy atom. The minimum Gasteiger partial charge on any atom is -0.497 e. The second-order valence-corrected chi connectivity index (χ2v) is 12.6. The minimum atomic E-state index is -4.27. The van der Waals surface area contributed by atoms with Gasteiger partial charge >= 0.3 is 0 Å². The van der Waals surface area contributed by atoms with Crippen molar-refractivity contribution < 1.29 is 22.7 Å². The number of carbonyl (C=O) groups is 2. The SMILES string of the molecule is CCCCNC(=O)C(CC)N(Cc1cccc(OC)c1)C(=O)CN(c1cc(Cl)ccc1Cl)S(=O)(=O)c1ccc(C)cc1. The van der Waals surface area contributed by atoms with Crippen LogP contribution in [-0.4, -0.2) is 51.4 Å². The Hall–Kier alpha value is -3.27. The van der Waals surface area contributed by atoms with Crippen molar-refractivity contribution in [2.75, 3.05) is 24.5 Å². The molecule has 0 heterocycles. The number of halogens is 2. The highest BCUT2D eigenvalue weighted by Crippen LogP contribution is 2.33. The number of hydrogen-bond donors (Lipinski definition) is 1. The fourth-order valence-electron chi connectivity index (χ4n) is 4.42. The van der Waals surface area contributed by atoms with Gasteiger partial charge in [-0.25, -0.2) is 8.42 Å². The first-order chi connectivity index (χ1) is 20.0. The van der Waals surface area contributed by atoms with E-state index in [1.807, 2.05) is 26.8 Å². The number of benzene rings is 3. The fraction of sp³-hybridized carbons (Fsp3) is 0.355. The molecule has 0 aromatic heterocycles. The van der Waals surface area contributed by atoms with E-state index < -0.39 is 28.5 Å².